The molecular weight excluding hydrogens is 564 g/mol. The first-order valence-corrected chi connectivity index (χ1v) is 13.2. The van der Waals surface area contributed by atoms with E-state index in [2.05, 4.69) is 0 Å². The third-order valence-corrected chi connectivity index (χ3v) is 6.71. The summed E-state index contributed by atoms with van der Waals surface area (Å²) in [5, 5.41) is 80.7. The van der Waals surface area contributed by atoms with Gasteiger partial charge in [0.05, 0.1) is 31.7 Å². The second kappa shape index (κ2) is 15.3. The van der Waals surface area contributed by atoms with E-state index in [-0.39, 0.29) is 6.61 Å². The van der Waals surface area contributed by atoms with Gasteiger partial charge in [-0.15, -0.1) is 0 Å². The smallest absolute Gasteiger partial charge is 0.308 e. The minimum absolute atomic E-state index is 0.0634. The predicted molar refractivity (Wildman–Crippen MR) is 139 cm³/mol. The normalized spacial score (nSPS) is 35.0. The predicted octanol–water partition coefficient (Wildman–Crippen LogP) is -2.49. The highest BCUT2D eigenvalue weighted by atomic mass is 16.7. The molecule has 1 aromatic carbocycles. The number of hydrogen-bond donors (Lipinski definition) is 8. The van der Waals surface area contributed by atoms with Gasteiger partial charge in [0, 0.05) is 0 Å². The summed E-state index contributed by atoms with van der Waals surface area (Å²) in [5.74, 6) is -2.35. The fourth-order valence-electron chi connectivity index (χ4n) is 4.50. The molecule has 236 valence electrons. The lowest BCUT2D eigenvalue weighted by Gasteiger charge is -2.46. The minimum Gasteiger partial charge on any atom is -0.481 e. The van der Waals surface area contributed by atoms with E-state index in [1.54, 1.807) is 12.2 Å². The molecule has 2 heterocycles. The van der Waals surface area contributed by atoms with Crippen LogP contribution in [0.3, 0.4) is 0 Å². The van der Waals surface area contributed by atoms with Crippen molar-refractivity contribution in [2.45, 2.75) is 86.8 Å². The molecule has 2 aliphatic rings. The highest BCUT2D eigenvalue weighted by molar-refractivity contribution is 5.73. The van der Waals surface area contributed by atoms with Crippen molar-refractivity contribution >= 4 is 18.0 Å². The average Bonchev–Trinajstić information content (AvgIpc) is 2.93. The average molecular weight is 603 g/mol. The second-order valence-electron chi connectivity index (χ2n) is 10.4. The maximum Gasteiger partial charge on any atom is 0.308 e. The van der Waals surface area contributed by atoms with Crippen LogP contribution in [0.1, 0.15) is 25.3 Å². The Morgan fingerprint density at radius 2 is 1.55 bits per heavy atom. The maximum atomic E-state index is 12.4. The van der Waals surface area contributed by atoms with Gasteiger partial charge in [-0.3, -0.25) is 9.59 Å². The Kier molecular flexibility index (Phi) is 12.3. The number of esters is 1. The first kappa shape index (κ1) is 34.0. The van der Waals surface area contributed by atoms with Gasteiger partial charge in [-0.25, -0.2) is 0 Å². The van der Waals surface area contributed by atoms with Gasteiger partial charge in [-0.1, -0.05) is 42.5 Å². The summed E-state index contributed by atoms with van der Waals surface area (Å²) in [6.07, 6.45) is -14.3. The molecule has 2 aliphatic heterocycles. The van der Waals surface area contributed by atoms with E-state index in [9.17, 15) is 45.3 Å². The Morgan fingerprint density at radius 3 is 2.19 bits per heavy atom. The molecule has 15 nitrogen and oxygen atoms in total. The van der Waals surface area contributed by atoms with Gasteiger partial charge in [0.2, 0.25) is 0 Å². The fourth-order valence-corrected chi connectivity index (χ4v) is 4.50. The molecule has 0 aromatic heterocycles. The molecule has 42 heavy (non-hydrogen) atoms. The SMILES string of the molecule is C[C@](O)(CC(=O)O)CC(=O)OC[C@@H]1O[C@H](OC/C=C/c2ccccc2)[C@@H](O)[C@H](O)[C@H]1O[C@@H]1O[C@H](CO)[C@H](O)[C@H](O)[C@@H]1O. The van der Waals surface area contributed by atoms with Crippen molar-refractivity contribution in [2.75, 3.05) is 19.8 Å². The molecule has 2 saturated heterocycles. The van der Waals surface area contributed by atoms with Crippen LogP contribution in [0.2, 0.25) is 0 Å². The number of ether oxygens (including phenoxy) is 5. The Bertz CT molecular complexity index is 1030. The van der Waals surface area contributed by atoms with Crippen LogP contribution >= 0.6 is 0 Å². The molecule has 2 fully saturated rings. The van der Waals surface area contributed by atoms with E-state index in [0.29, 0.717) is 0 Å². The number of benzene rings is 1. The van der Waals surface area contributed by atoms with Crippen LogP contribution in [0.5, 0.6) is 0 Å². The van der Waals surface area contributed by atoms with Gasteiger partial charge in [-0.05, 0) is 12.5 Å². The number of carboxylic acid groups (broad SMARTS) is 1. The number of carboxylic acids is 1. The fraction of sp³-hybridized carbons (Fsp3) is 0.630. The van der Waals surface area contributed by atoms with E-state index < -0.39 is 105 Å². The molecule has 1 aromatic rings. The second-order valence-corrected chi connectivity index (χ2v) is 10.4. The molecule has 3 rings (SSSR count). The van der Waals surface area contributed by atoms with E-state index >= 15 is 0 Å². The Morgan fingerprint density at radius 1 is 0.905 bits per heavy atom. The third kappa shape index (κ3) is 9.23. The van der Waals surface area contributed by atoms with Gasteiger partial charge in [0.25, 0.3) is 0 Å². The van der Waals surface area contributed by atoms with E-state index in [0.717, 1.165) is 12.5 Å². The van der Waals surface area contributed by atoms with Crippen molar-refractivity contribution in [3.05, 3.63) is 42.0 Å². The molecule has 0 aliphatic carbocycles. The minimum atomic E-state index is -1.92. The number of aliphatic carboxylic acids is 1. The topological polar surface area (TPSA) is 242 Å². The van der Waals surface area contributed by atoms with Gasteiger partial charge < -0.3 is 64.5 Å². The van der Waals surface area contributed by atoms with Crippen LogP contribution in [0, 0.1) is 0 Å². The van der Waals surface area contributed by atoms with Gasteiger partial charge in [0.1, 0.15) is 55.4 Å². The van der Waals surface area contributed by atoms with Gasteiger partial charge in [-0.2, -0.15) is 0 Å². The monoisotopic (exact) mass is 602 g/mol. The molecule has 0 bridgehead atoms. The van der Waals surface area contributed by atoms with Crippen molar-refractivity contribution in [3.63, 3.8) is 0 Å². The standard InChI is InChI=1S/C27H38O15/c1-27(37,10-17(29)30)11-18(31)39-13-16-24(42-26-22(35)20(33)19(32)15(12-28)40-26)21(34)23(36)25(41-16)38-9-5-8-14-6-3-2-4-7-14/h2-8,15-16,19-26,28,32-37H,9-13H2,1H3,(H,29,30)/b8-5+/t15-,16+,19+,20+,21+,22+,23+,24+,25+,26+,27+/m1/s1. The summed E-state index contributed by atoms with van der Waals surface area (Å²) in [4.78, 5) is 23.3. The Hall–Kier alpha value is -2.54. The van der Waals surface area contributed by atoms with Crippen molar-refractivity contribution in [3.8, 4) is 0 Å². The Labute approximate surface area is 241 Å². The molecule has 0 saturated carbocycles. The van der Waals surface area contributed by atoms with Crippen LogP contribution in [-0.2, 0) is 33.3 Å². The summed E-state index contributed by atoms with van der Waals surface area (Å²) in [7, 11) is 0. The number of carbonyl (C=O) groups excluding carboxylic acids is 1. The van der Waals surface area contributed by atoms with Gasteiger partial charge in [0.15, 0.2) is 12.6 Å². The lowest BCUT2D eigenvalue weighted by Crippen LogP contribution is -2.64. The van der Waals surface area contributed by atoms with Crippen molar-refractivity contribution in [1.29, 1.82) is 0 Å². The number of aliphatic hydroxyl groups excluding tert-OH is 6. The van der Waals surface area contributed by atoms with Crippen molar-refractivity contribution in [1.82, 2.24) is 0 Å². The maximum absolute atomic E-state index is 12.4. The number of rotatable bonds is 13. The zero-order valence-electron chi connectivity index (χ0n) is 22.8. The number of hydrogen-bond acceptors (Lipinski definition) is 14. The van der Waals surface area contributed by atoms with Crippen LogP contribution in [0.15, 0.2) is 36.4 Å². The molecule has 0 unspecified atom stereocenters. The highest BCUT2D eigenvalue weighted by Gasteiger charge is 2.51. The molecule has 0 amide bonds. The summed E-state index contributed by atoms with van der Waals surface area (Å²) in [5.41, 5.74) is -1.04. The molecular formula is C27H38O15. The van der Waals surface area contributed by atoms with Crippen LogP contribution < -0.4 is 0 Å². The van der Waals surface area contributed by atoms with Gasteiger partial charge >= 0.3 is 11.9 Å². The highest BCUT2D eigenvalue weighted by Crippen LogP contribution is 2.30. The summed E-state index contributed by atoms with van der Waals surface area (Å²) in [6.45, 7) is -0.321. The van der Waals surface area contributed by atoms with Crippen LogP contribution in [-0.4, -0.2) is 140 Å². The number of aliphatic hydroxyl groups is 7. The lowest BCUT2D eigenvalue weighted by molar-refractivity contribution is -0.358. The van der Waals surface area contributed by atoms with Crippen LogP contribution in [0.4, 0.5) is 0 Å². The first-order valence-electron chi connectivity index (χ1n) is 13.2. The Balaban J connectivity index is 1.72. The zero-order valence-corrected chi connectivity index (χ0v) is 22.8. The summed E-state index contributed by atoms with van der Waals surface area (Å²) < 4.78 is 27.4. The quantitative estimate of drug-likeness (QED) is 0.109. The molecule has 0 spiro atoms. The molecule has 8 N–H and O–H groups in total. The summed E-state index contributed by atoms with van der Waals surface area (Å²) in [6, 6.07) is 9.24. The lowest BCUT2D eigenvalue weighted by atomic mass is 9.97. The van der Waals surface area contributed by atoms with E-state index in [1.807, 2.05) is 30.3 Å². The zero-order chi connectivity index (χ0) is 31.0. The summed E-state index contributed by atoms with van der Waals surface area (Å²) >= 11 is 0. The third-order valence-electron chi connectivity index (χ3n) is 6.71. The van der Waals surface area contributed by atoms with E-state index in [4.69, 9.17) is 28.8 Å². The molecule has 15 heteroatoms. The van der Waals surface area contributed by atoms with Crippen molar-refractivity contribution in [2.24, 2.45) is 0 Å². The molecule has 0 radical (unpaired) electrons. The molecule has 11 atom stereocenters. The number of carbonyl (C=O) groups is 2. The van der Waals surface area contributed by atoms with Crippen molar-refractivity contribution < 1.29 is 74.1 Å². The largest absolute Gasteiger partial charge is 0.481 e. The van der Waals surface area contributed by atoms with E-state index in [1.165, 1.54) is 0 Å². The first-order chi connectivity index (χ1) is 19.8. The van der Waals surface area contributed by atoms with Crippen LogP contribution in [0.25, 0.3) is 6.08 Å².